The van der Waals surface area contributed by atoms with Crippen molar-refractivity contribution in [3.8, 4) is 0 Å². The Hall–Kier alpha value is -1.59. The first-order valence-electron chi connectivity index (χ1n) is 8.06. The Kier molecular flexibility index (Phi) is 5.20. The summed E-state index contributed by atoms with van der Waals surface area (Å²) in [5.74, 6) is 3.09. The molecule has 3 N–H and O–H groups in total. The van der Waals surface area contributed by atoms with Gasteiger partial charge in [-0.3, -0.25) is 0 Å². The molecule has 0 amide bonds. The van der Waals surface area contributed by atoms with Crippen molar-refractivity contribution < 1.29 is 0 Å². The van der Waals surface area contributed by atoms with Gasteiger partial charge in [-0.1, -0.05) is 13.8 Å². The van der Waals surface area contributed by atoms with Crippen molar-refractivity contribution in [1.29, 1.82) is 0 Å². The fourth-order valence-electron chi connectivity index (χ4n) is 2.95. The van der Waals surface area contributed by atoms with Crippen molar-refractivity contribution in [2.45, 2.75) is 53.0 Å². The molecule has 2 rings (SSSR count). The minimum absolute atomic E-state index is 0.284. The van der Waals surface area contributed by atoms with Gasteiger partial charge in [0.15, 0.2) is 0 Å². The molecule has 118 valence electrons. The van der Waals surface area contributed by atoms with E-state index < -0.39 is 0 Å². The van der Waals surface area contributed by atoms with Crippen molar-refractivity contribution in [2.24, 2.45) is 11.8 Å². The number of hydrogen-bond acceptors (Lipinski definition) is 6. The number of aromatic nitrogens is 3. The zero-order chi connectivity index (χ0) is 15.4. The third kappa shape index (κ3) is 3.95. The summed E-state index contributed by atoms with van der Waals surface area (Å²) in [6.07, 6.45) is 3.58. The number of rotatable bonds is 5. The highest BCUT2D eigenvalue weighted by atomic mass is 15.3. The summed E-state index contributed by atoms with van der Waals surface area (Å²) in [5.41, 5.74) is 5.83. The predicted octanol–water partition coefficient (Wildman–Crippen LogP) is 2.54. The van der Waals surface area contributed by atoms with Crippen LogP contribution in [-0.2, 0) is 0 Å². The van der Waals surface area contributed by atoms with Gasteiger partial charge >= 0.3 is 0 Å². The first-order valence-corrected chi connectivity index (χ1v) is 8.06. The minimum Gasteiger partial charge on any atom is -0.368 e. The van der Waals surface area contributed by atoms with Gasteiger partial charge in [-0.15, -0.1) is 0 Å². The molecular formula is C15H28N6. The van der Waals surface area contributed by atoms with Gasteiger partial charge in [0.1, 0.15) is 0 Å². The lowest BCUT2D eigenvalue weighted by Crippen LogP contribution is -2.32. The van der Waals surface area contributed by atoms with E-state index in [9.17, 15) is 0 Å². The third-order valence-corrected chi connectivity index (χ3v) is 4.62. The van der Waals surface area contributed by atoms with E-state index in [2.05, 4.69) is 52.9 Å². The second-order valence-corrected chi connectivity index (χ2v) is 6.10. The molecule has 0 aliphatic heterocycles. The molecule has 3 atom stereocenters. The zero-order valence-electron chi connectivity index (χ0n) is 13.6. The average molecular weight is 292 g/mol. The van der Waals surface area contributed by atoms with E-state index in [1.807, 2.05) is 0 Å². The largest absolute Gasteiger partial charge is 0.368 e. The highest BCUT2D eigenvalue weighted by Gasteiger charge is 2.25. The van der Waals surface area contributed by atoms with E-state index in [0.717, 1.165) is 37.8 Å². The molecule has 0 bridgehead atoms. The lowest BCUT2D eigenvalue weighted by atomic mass is 9.79. The highest BCUT2D eigenvalue weighted by molar-refractivity contribution is 5.42. The molecule has 1 aliphatic carbocycles. The van der Waals surface area contributed by atoms with Crippen molar-refractivity contribution in [3.63, 3.8) is 0 Å². The van der Waals surface area contributed by atoms with Gasteiger partial charge in [-0.05, 0) is 44.9 Å². The number of nitrogens with zero attached hydrogens (tertiary/aromatic N) is 4. The minimum atomic E-state index is 0.284. The first kappa shape index (κ1) is 15.8. The quantitative estimate of drug-likeness (QED) is 0.868. The molecule has 6 nitrogen and oxygen atoms in total. The second-order valence-electron chi connectivity index (χ2n) is 6.10. The van der Waals surface area contributed by atoms with E-state index in [4.69, 9.17) is 5.73 Å². The number of anilines is 3. The molecule has 1 heterocycles. The summed E-state index contributed by atoms with van der Waals surface area (Å²) in [7, 11) is 0. The van der Waals surface area contributed by atoms with E-state index >= 15 is 0 Å². The second kappa shape index (κ2) is 6.91. The summed E-state index contributed by atoms with van der Waals surface area (Å²) in [6.45, 7) is 10.5. The molecule has 1 aromatic heterocycles. The molecule has 0 aromatic carbocycles. The summed E-state index contributed by atoms with van der Waals surface area (Å²) in [4.78, 5) is 15.1. The number of nitrogen functional groups attached to an aromatic ring is 1. The fourth-order valence-corrected chi connectivity index (χ4v) is 2.95. The van der Waals surface area contributed by atoms with Crippen LogP contribution in [0.3, 0.4) is 0 Å². The molecule has 0 spiro atoms. The van der Waals surface area contributed by atoms with Crippen LogP contribution in [0.1, 0.15) is 47.0 Å². The van der Waals surface area contributed by atoms with Crippen LogP contribution >= 0.6 is 0 Å². The molecule has 6 heteroatoms. The van der Waals surface area contributed by atoms with E-state index in [1.165, 1.54) is 6.42 Å². The van der Waals surface area contributed by atoms with Crippen LogP contribution in [-0.4, -0.2) is 34.1 Å². The molecule has 1 fully saturated rings. The first-order chi connectivity index (χ1) is 10.0. The van der Waals surface area contributed by atoms with Crippen LogP contribution in [0.25, 0.3) is 0 Å². The van der Waals surface area contributed by atoms with E-state index in [1.54, 1.807) is 0 Å². The van der Waals surface area contributed by atoms with Crippen LogP contribution in [0, 0.1) is 11.8 Å². The highest BCUT2D eigenvalue weighted by Crippen LogP contribution is 2.30. The van der Waals surface area contributed by atoms with Crippen molar-refractivity contribution in [3.05, 3.63) is 0 Å². The zero-order valence-corrected chi connectivity index (χ0v) is 13.6. The predicted molar refractivity (Wildman–Crippen MR) is 87.4 cm³/mol. The number of nitrogens with one attached hydrogen (secondary N) is 1. The van der Waals surface area contributed by atoms with E-state index in [-0.39, 0.29) is 5.95 Å². The van der Waals surface area contributed by atoms with Crippen LogP contribution in [0.2, 0.25) is 0 Å². The van der Waals surface area contributed by atoms with Crippen LogP contribution in [0.4, 0.5) is 17.8 Å². The molecule has 21 heavy (non-hydrogen) atoms. The van der Waals surface area contributed by atoms with Crippen molar-refractivity contribution in [1.82, 2.24) is 15.0 Å². The molecule has 1 saturated carbocycles. The molecule has 3 unspecified atom stereocenters. The third-order valence-electron chi connectivity index (χ3n) is 4.62. The standard InChI is InChI=1S/C15H28N6/c1-5-21(6-2)15-19-13(16)18-14(20-15)17-12-8-7-10(3)11(4)9-12/h10-12H,5-9H2,1-4H3,(H3,16,17,18,19,20). The molecule has 0 radical (unpaired) electrons. The average Bonchev–Trinajstić information content (AvgIpc) is 2.44. The smallest absolute Gasteiger partial charge is 0.231 e. The number of nitrogens with two attached hydrogens (primary N) is 1. The van der Waals surface area contributed by atoms with Crippen LogP contribution in [0.15, 0.2) is 0 Å². The van der Waals surface area contributed by atoms with Crippen LogP contribution in [0.5, 0.6) is 0 Å². The Bertz CT molecular complexity index is 459. The van der Waals surface area contributed by atoms with Gasteiger partial charge in [0.05, 0.1) is 0 Å². The summed E-state index contributed by atoms with van der Waals surface area (Å²) in [5, 5.41) is 3.45. The molecular weight excluding hydrogens is 264 g/mol. The fraction of sp³-hybridized carbons (Fsp3) is 0.800. The maximum absolute atomic E-state index is 5.83. The Morgan fingerprint density at radius 1 is 1.10 bits per heavy atom. The monoisotopic (exact) mass is 292 g/mol. The van der Waals surface area contributed by atoms with Gasteiger partial charge in [-0.2, -0.15) is 15.0 Å². The van der Waals surface area contributed by atoms with Crippen LogP contribution < -0.4 is 16.0 Å². The SMILES string of the molecule is CCN(CC)c1nc(N)nc(NC2CCC(C)C(C)C2)n1. The lowest BCUT2D eigenvalue weighted by molar-refractivity contribution is 0.260. The normalized spacial score (nSPS) is 25.6. The lowest BCUT2D eigenvalue weighted by Gasteiger charge is -2.32. The molecule has 1 aromatic rings. The van der Waals surface area contributed by atoms with Gasteiger partial charge < -0.3 is 16.0 Å². The van der Waals surface area contributed by atoms with Gasteiger partial charge in [0.25, 0.3) is 0 Å². The topological polar surface area (TPSA) is 80.0 Å². The summed E-state index contributed by atoms with van der Waals surface area (Å²) >= 11 is 0. The molecule has 0 saturated heterocycles. The van der Waals surface area contributed by atoms with Crippen molar-refractivity contribution in [2.75, 3.05) is 29.0 Å². The maximum atomic E-state index is 5.83. The Morgan fingerprint density at radius 2 is 1.81 bits per heavy atom. The van der Waals surface area contributed by atoms with Gasteiger partial charge in [-0.25, -0.2) is 0 Å². The maximum Gasteiger partial charge on any atom is 0.231 e. The molecule has 1 aliphatic rings. The Morgan fingerprint density at radius 3 is 2.43 bits per heavy atom. The number of hydrogen-bond donors (Lipinski definition) is 2. The van der Waals surface area contributed by atoms with Gasteiger partial charge in [0, 0.05) is 19.1 Å². The van der Waals surface area contributed by atoms with Crippen molar-refractivity contribution >= 4 is 17.8 Å². The van der Waals surface area contributed by atoms with E-state index in [0.29, 0.717) is 17.9 Å². The summed E-state index contributed by atoms with van der Waals surface area (Å²) < 4.78 is 0. The van der Waals surface area contributed by atoms with Gasteiger partial charge in [0.2, 0.25) is 17.8 Å². The summed E-state index contributed by atoms with van der Waals surface area (Å²) in [6, 6.07) is 0.433. The Labute approximate surface area is 127 Å². The Balaban J connectivity index is 2.09.